The van der Waals surface area contributed by atoms with Crippen LogP contribution in [0.3, 0.4) is 0 Å². The molecule has 4 heterocycles. The highest BCUT2D eigenvalue weighted by Crippen LogP contribution is 2.30. The molecule has 4 aromatic rings. The Labute approximate surface area is 197 Å². The quantitative estimate of drug-likeness (QED) is 0.347. The number of nitrogens with one attached hydrogen (secondary N) is 1. The molecule has 1 saturated heterocycles. The van der Waals surface area contributed by atoms with E-state index in [4.69, 9.17) is 4.98 Å². The van der Waals surface area contributed by atoms with E-state index in [1.54, 1.807) is 13.4 Å². The number of fused-ring (bicyclic) bond motifs is 1. The van der Waals surface area contributed by atoms with Crippen LogP contribution in [-0.4, -0.2) is 56.9 Å². The molecule has 0 unspecified atom stereocenters. The molecule has 2 atom stereocenters. The third-order valence-electron chi connectivity index (χ3n) is 6.12. The topological polar surface area (TPSA) is 101 Å². The summed E-state index contributed by atoms with van der Waals surface area (Å²) in [6.07, 6.45) is 5.60. The number of aldehydes is 1. The number of hydrogen-bond donors (Lipinski definition) is 1. The van der Waals surface area contributed by atoms with Crippen LogP contribution in [0.15, 0.2) is 53.8 Å². The Kier molecular flexibility index (Phi) is 5.75. The summed E-state index contributed by atoms with van der Waals surface area (Å²) < 4.78 is 1.94. The second-order valence-corrected chi connectivity index (χ2v) is 8.61. The summed E-state index contributed by atoms with van der Waals surface area (Å²) in [5, 5.41) is 11.5. The number of rotatable bonds is 6. The van der Waals surface area contributed by atoms with Gasteiger partial charge < -0.3 is 15.2 Å². The Bertz CT molecular complexity index is 1360. The zero-order valence-electron chi connectivity index (χ0n) is 19.4. The van der Waals surface area contributed by atoms with Gasteiger partial charge in [-0.1, -0.05) is 0 Å². The number of anilines is 3. The summed E-state index contributed by atoms with van der Waals surface area (Å²) >= 11 is 0. The van der Waals surface area contributed by atoms with Crippen LogP contribution in [0.4, 0.5) is 17.3 Å². The zero-order valence-corrected chi connectivity index (χ0v) is 19.4. The first-order valence-corrected chi connectivity index (χ1v) is 11.3. The van der Waals surface area contributed by atoms with Gasteiger partial charge in [0.2, 0.25) is 0 Å². The van der Waals surface area contributed by atoms with E-state index in [1.165, 1.54) is 0 Å². The van der Waals surface area contributed by atoms with Crippen molar-refractivity contribution in [2.24, 2.45) is 10.9 Å². The average Bonchev–Trinajstić information content (AvgIpc) is 3.43. The largest absolute Gasteiger partial charge is 0.353 e. The number of hydrogen-bond acceptors (Lipinski definition) is 8. The number of imidazole rings is 1. The number of aryl methyl sites for hydroxylation is 1. The highest BCUT2D eigenvalue weighted by molar-refractivity contribution is 5.85. The minimum Gasteiger partial charge on any atom is -0.353 e. The minimum absolute atomic E-state index is 0.266. The van der Waals surface area contributed by atoms with Crippen molar-refractivity contribution in [1.29, 1.82) is 0 Å². The molecule has 0 radical (unpaired) electrons. The summed E-state index contributed by atoms with van der Waals surface area (Å²) in [7, 11) is 1.79. The molecule has 5 rings (SSSR count). The number of carbonyl (C=O) groups is 1. The molecule has 1 aliphatic rings. The Morgan fingerprint density at radius 1 is 1.15 bits per heavy atom. The van der Waals surface area contributed by atoms with Crippen LogP contribution in [-0.2, 0) is 0 Å². The van der Waals surface area contributed by atoms with Crippen LogP contribution < -0.4 is 10.2 Å². The van der Waals surface area contributed by atoms with E-state index >= 15 is 0 Å². The fraction of sp³-hybridized carbons (Fsp3) is 0.280. The smallest absolute Gasteiger partial charge is 0.153 e. The second-order valence-electron chi connectivity index (χ2n) is 8.61. The van der Waals surface area contributed by atoms with Crippen molar-refractivity contribution in [3.63, 3.8) is 0 Å². The average molecular weight is 455 g/mol. The SMILES string of the molecule is CN=C[C@@H]1C[C@H](C)N(c2nc(-n3cnc4cc(Nc5ccc(C)nn5)ccc43)ccc2C=O)C1. The Morgan fingerprint density at radius 3 is 2.79 bits per heavy atom. The van der Waals surface area contributed by atoms with E-state index in [-0.39, 0.29) is 6.04 Å². The fourth-order valence-corrected chi connectivity index (χ4v) is 4.48. The monoisotopic (exact) mass is 454 g/mol. The third-order valence-corrected chi connectivity index (χ3v) is 6.12. The predicted molar refractivity (Wildman–Crippen MR) is 134 cm³/mol. The van der Waals surface area contributed by atoms with Crippen LogP contribution in [0.25, 0.3) is 16.9 Å². The van der Waals surface area contributed by atoms with E-state index in [1.807, 2.05) is 60.2 Å². The molecule has 34 heavy (non-hydrogen) atoms. The maximum atomic E-state index is 11.8. The lowest BCUT2D eigenvalue weighted by atomic mass is 10.1. The van der Waals surface area contributed by atoms with E-state index in [2.05, 4.69) is 37.3 Å². The first-order valence-electron chi connectivity index (χ1n) is 11.3. The number of aromatic nitrogens is 5. The molecule has 0 spiro atoms. The first kappa shape index (κ1) is 21.7. The van der Waals surface area contributed by atoms with E-state index in [0.29, 0.717) is 28.9 Å². The van der Waals surface area contributed by atoms with Crippen LogP contribution in [0.5, 0.6) is 0 Å². The van der Waals surface area contributed by atoms with Crippen molar-refractivity contribution in [3.05, 3.63) is 60.0 Å². The highest BCUT2D eigenvalue weighted by atomic mass is 16.1. The lowest BCUT2D eigenvalue weighted by molar-refractivity contribution is 0.112. The molecular weight excluding hydrogens is 428 g/mol. The van der Waals surface area contributed by atoms with E-state index < -0.39 is 0 Å². The summed E-state index contributed by atoms with van der Waals surface area (Å²) in [6.45, 7) is 4.85. The van der Waals surface area contributed by atoms with Gasteiger partial charge in [0.15, 0.2) is 12.1 Å². The van der Waals surface area contributed by atoms with E-state index in [9.17, 15) is 4.79 Å². The first-order chi connectivity index (χ1) is 16.6. The summed E-state index contributed by atoms with van der Waals surface area (Å²) in [4.78, 5) is 27.6. The molecule has 1 fully saturated rings. The number of benzene rings is 1. The van der Waals surface area contributed by atoms with Crippen molar-refractivity contribution < 1.29 is 4.79 Å². The predicted octanol–water partition coefficient (Wildman–Crippen LogP) is 3.99. The van der Waals surface area contributed by atoms with Gasteiger partial charge in [-0.15, -0.1) is 5.10 Å². The highest BCUT2D eigenvalue weighted by Gasteiger charge is 2.30. The van der Waals surface area contributed by atoms with Gasteiger partial charge >= 0.3 is 0 Å². The standard InChI is InChI=1S/C25H26N8O/c1-16-4-8-23(31-30-16)28-20-6-7-22-21(11-20)27-15-33(22)24-9-5-19(14-34)25(29-24)32-13-18(12-26-3)10-17(32)2/h4-9,11-12,14-15,17-18H,10,13H2,1-3H3,(H,28,31)/t17-,18-/m0/s1. The Hall–Kier alpha value is -4.14. The number of nitrogens with zero attached hydrogens (tertiary/aromatic N) is 7. The molecule has 3 aromatic heterocycles. The number of pyridine rings is 1. The van der Waals surface area contributed by atoms with Crippen molar-refractivity contribution >= 4 is 40.9 Å². The molecular formula is C25H26N8O. The molecule has 0 bridgehead atoms. The molecule has 172 valence electrons. The van der Waals surface area contributed by atoms with Gasteiger partial charge in [-0.2, -0.15) is 5.10 Å². The number of aliphatic imine (C=N–C) groups is 1. The summed E-state index contributed by atoms with van der Waals surface area (Å²) in [5.74, 6) is 2.44. The van der Waals surface area contributed by atoms with Crippen molar-refractivity contribution in [3.8, 4) is 5.82 Å². The molecule has 0 amide bonds. The van der Waals surface area contributed by atoms with Crippen LogP contribution in [0.1, 0.15) is 29.4 Å². The van der Waals surface area contributed by atoms with Crippen molar-refractivity contribution in [2.75, 3.05) is 23.8 Å². The molecule has 0 aliphatic carbocycles. The Balaban J connectivity index is 1.47. The van der Waals surface area contributed by atoms with Crippen LogP contribution >= 0.6 is 0 Å². The summed E-state index contributed by atoms with van der Waals surface area (Å²) in [6, 6.07) is 13.7. The molecule has 9 nitrogen and oxygen atoms in total. The normalized spacial score (nSPS) is 18.1. The van der Waals surface area contributed by atoms with Gasteiger partial charge in [-0.3, -0.25) is 9.36 Å². The minimum atomic E-state index is 0.266. The maximum absolute atomic E-state index is 11.8. The van der Waals surface area contributed by atoms with Gasteiger partial charge in [0, 0.05) is 37.5 Å². The third kappa shape index (κ3) is 4.12. The number of carbonyl (C=O) groups excluding carboxylic acids is 1. The molecule has 1 aromatic carbocycles. The second kappa shape index (κ2) is 9.01. The van der Waals surface area contributed by atoms with Gasteiger partial charge in [0.05, 0.1) is 22.3 Å². The molecule has 1 aliphatic heterocycles. The van der Waals surface area contributed by atoms with Gasteiger partial charge in [-0.05, 0) is 62.7 Å². The molecule has 9 heteroatoms. The Morgan fingerprint density at radius 2 is 2.03 bits per heavy atom. The fourth-order valence-electron chi connectivity index (χ4n) is 4.48. The van der Waals surface area contributed by atoms with Gasteiger partial charge in [-0.25, -0.2) is 9.97 Å². The van der Waals surface area contributed by atoms with Gasteiger partial charge in [0.25, 0.3) is 0 Å². The van der Waals surface area contributed by atoms with Crippen molar-refractivity contribution in [1.82, 2.24) is 24.7 Å². The lowest BCUT2D eigenvalue weighted by Crippen LogP contribution is -2.29. The lowest BCUT2D eigenvalue weighted by Gasteiger charge is -2.24. The zero-order chi connectivity index (χ0) is 23.7. The summed E-state index contributed by atoms with van der Waals surface area (Å²) in [5.41, 5.74) is 4.06. The molecule has 0 saturated carbocycles. The maximum Gasteiger partial charge on any atom is 0.153 e. The van der Waals surface area contributed by atoms with Crippen LogP contribution in [0.2, 0.25) is 0 Å². The van der Waals surface area contributed by atoms with Crippen molar-refractivity contribution in [2.45, 2.75) is 26.3 Å². The van der Waals surface area contributed by atoms with E-state index in [0.717, 1.165) is 41.7 Å². The van der Waals surface area contributed by atoms with Gasteiger partial charge in [0.1, 0.15) is 18.0 Å². The molecule has 1 N–H and O–H groups in total. The van der Waals surface area contributed by atoms with Crippen LogP contribution in [0, 0.1) is 12.8 Å².